The lowest BCUT2D eigenvalue weighted by Gasteiger charge is -2.37. The molecule has 2 N–H and O–H groups in total. The van der Waals surface area contributed by atoms with Gasteiger partial charge in [-0.3, -0.25) is 14.5 Å². The summed E-state index contributed by atoms with van der Waals surface area (Å²) >= 11 is 0. The highest BCUT2D eigenvalue weighted by atomic mass is 16.6. The van der Waals surface area contributed by atoms with Crippen molar-refractivity contribution in [3.05, 3.63) is 35.9 Å². The molecule has 0 bridgehead atoms. The van der Waals surface area contributed by atoms with Crippen LogP contribution in [-0.2, 0) is 25.7 Å². The Morgan fingerprint density at radius 2 is 1.82 bits per heavy atom. The fraction of sp³-hybridized carbons (Fsp3) is 0.565. The first kappa shape index (κ1) is 24.3. The molecular weight excluding hydrogens is 430 g/mol. The quantitative estimate of drug-likeness (QED) is 0.512. The Morgan fingerprint density at radius 3 is 2.52 bits per heavy atom. The van der Waals surface area contributed by atoms with E-state index >= 15 is 0 Å². The molecule has 0 aromatic heterocycles. The van der Waals surface area contributed by atoms with Crippen LogP contribution in [0.3, 0.4) is 0 Å². The number of alkyl carbamates (subject to hydrolysis) is 1. The minimum Gasteiger partial charge on any atom is -0.480 e. The predicted molar refractivity (Wildman–Crippen MR) is 117 cm³/mol. The first-order valence-corrected chi connectivity index (χ1v) is 11.3. The van der Waals surface area contributed by atoms with Crippen molar-refractivity contribution in [2.75, 3.05) is 32.7 Å². The molecule has 1 spiro atoms. The zero-order chi connectivity index (χ0) is 23.7. The van der Waals surface area contributed by atoms with Gasteiger partial charge in [-0.25, -0.2) is 9.59 Å². The molecule has 180 valence electrons. The normalized spacial score (nSPS) is 17.0. The number of carboxylic acids is 1. The van der Waals surface area contributed by atoms with Gasteiger partial charge < -0.3 is 24.8 Å². The summed E-state index contributed by atoms with van der Waals surface area (Å²) in [7, 11) is 0. The lowest BCUT2D eigenvalue weighted by Crippen LogP contribution is -2.48. The highest BCUT2D eigenvalue weighted by Gasteiger charge is 2.47. The Bertz CT molecular complexity index is 838. The number of piperidine rings is 1. The van der Waals surface area contributed by atoms with Crippen molar-refractivity contribution in [3.63, 3.8) is 0 Å². The molecule has 2 heterocycles. The molecule has 0 atom stereocenters. The topological polar surface area (TPSA) is 125 Å². The van der Waals surface area contributed by atoms with Gasteiger partial charge in [-0.1, -0.05) is 36.8 Å². The second kappa shape index (κ2) is 11.5. The van der Waals surface area contributed by atoms with E-state index in [9.17, 15) is 19.2 Å². The molecular formula is C23H31N3O7. The summed E-state index contributed by atoms with van der Waals surface area (Å²) in [5.41, 5.74) is 0.239. The van der Waals surface area contributed by atoms with Crippen LogP contribution in [-0.4, -0.2) is 77.3 Å². The molecule has 2 fully saturated rings. The minimum atomic E-state index is -1.07. The third kappa shape index (κ3) is 7.37. The number of aliphatic carboxylic acids is 1. The first-order chi connectivity index (χ1) is 15.9. The summed E-state index contributed by atoms with van der Waals surface area (Å²) in [5.74, 6) is -1.01. The Kier molecular flexibility index (Phi) is 8.51. The summed E-state index contributed by atoms with van der Waals surface area (Å²) in [5, 5.41) is 11.6. The van der Waals surface area contributed by atoms with Crippen LogP contribution in [0.1, 0.15) is 44.1 Å². The Balaban J connectivity index is 1.24. The van der Waals surface area contributed by atoms with Gasteiger partial charge in [0.15, 0.2) is 0 Å². The summed E-state index contributed by atoms with van der Waals surface area (Å²) in [6.07, 6.45) is 2.68. The number of carboxylic acid groups (broad SMARTS) is 1. The van der Waals surface area contributed by atoms with E-state index in [0.29, 0.717) is 38.9 Å². The number of nitrogens with one attached hydrogen (secondary N) is 1. The van der Waals surface area contributed by atoms with Crippen molar-refractivity contribution in [2.24, 2.45) is 0 Å². The number of amides is 3. The average Bonchev–Trinajstić information content (AvgIpc) is 3.09. The van der Waals surface area contributed by atoms with E-state index in [0.717, 1.165) is 24.8 Å². The van der Waals surface area contributed by atoms with Gasteiger partial charge in [0.2, 0.25) is 5.91 Å². The van der Waals surface area contributed by atoms with E-state index in [1.807, 2.05) is 30.3 Å². The molecule has 0 radical (unpaired) electrons. The maximum absolute atomic E-state index is 12.5. The number of carbonyl (C=O) groups is 4. The van der Waals surface area contributed by atoms with Crippen LogP contribution in [0.25, 0.3) is 0 Å². The van der Waals surface area contributed by atoms with Crippen molar-refractivity contribution < 1.29 is 33.8 Å². The highest BCUT2D eigenvalue weighted by Crippen LogP contribution is 2.33. The van der Waals surface area contributed by atoms with Gasteiger partial charge in [-0.2, -0.15) is 0 Å². The second-order valence-corrected chi connectivity index (χ2v) is 8.48. The second-order valence-electron chi connectivity index (χ2n) is 8.48. The van der Waals surface area contributed by atoms with Crippen molar-refractivity contribution in [2.45, 2.75) is 50.7 Å². The number of hydrogen-bond donors (Lipinski definition) is 2. The van der Waals surface area contributed by atoms with Gasteiger partial charge in [0.05, 0.1) is 6.54 Å². The lowest BCUT2D eigenvalue weighted by molar-refractivity contribution is -0.137. The predicted octanol–water partition coefficient (Wildman–Crippen LogP) is 2.37. The van der Waals surface area contributed by atoms with Gasteiger partial charge in [0, 0.05) is 38.9 Å². The van der Waals surface area contributed by atoms with Crippen molar-refractivity contribution in [1.29, 1.82) is 0 Å². The first-order valence-electron chi connectivity index (χ1n) is 11.3. The highest BCUT2D eigenvalue weighted by molar-refractivity contribution is 5.79. The van der Waals surface area contributed by atoms with Gasteiger partial charge in [-0.15, -0.1) is 0 Å². The smallest absolute Gasteiger partial charge is 0.411 e. The monoisotopic (exact) mass is 461 g/mol. The molecule has 2 aliphatic rings. The molecule has 2 aliphatic heterocycles. The number of rotatable bonds is 10. The zero-order valence-electron chi connectivity index (χ0n) is 18.7. The van der Waals surface area contributed by atoms with E-state index < -0.39 is 23.8 Å². The Labute approximate surface area is 192 Å². The van der Waals surface area contributed by atoms with Crippen LogP contribution in [0.2, 0.25) is 0 Å². The number of ether oxygens (including phenoxy) is 2. The maximum Gasteiger partial charge on any atom is 0.411 e. The van der Waals surface area contributed by atoms with Crippen LogP contribution < -0.4 is 5.32 Å². The molecule has 10 heteroatoms. The lowest BCUT2D eigenvalue weighted by atomic mass is 9.91. The SMILES string of the molecule is O=C(O)CN1CC2(CCN(C(=O)CCCCCNC(=O)OCc3ccccc3)CC2)OC1=O. The van der Waals surface area contributed by atoms with Crippen molar-refractivity contribution >= 4 is 24.1 Å². The molecule has 3 amide bonds. The molecule has 0 saturated carbocycles. The third-order valence-electron chi connectivity index (χ3n) is 5.94. The van der Waals surface area contributed by atoms with E-state index in [1.165, 1.54) is 4.90 Å². The molecule has 2 saturated heterocycles. The molecule has 3 rings (SSSR count). The fourth-order valence-electron chi connectivity index (χ4n) is 4.10. The van der Waals surface area contributed by atoms with Crippen LogP contribution >= 0.6 is 0 Å². The number of hydrogen-bond acceptors (Lipinski definition) is 6. The third-order valence-corrected chi connectivity index (χ3v) is 5.94. The average molecular weight is 462 g/mol. The number of benzene rings is 1. The van der Waals surface area contributed by atoms with Crippen LogP contribution in [0, 0.1) is 0 Å². The van der Waals surface area contributed by atoms with Crippen molar-refractivity contribution in [3.8, 4) is 0 Å². The standard InChI is InChI=1S/C23H31N3O7/c27-19(9-5-2-6-12-24-21(30)32-16-18-7-3-1-4-8-18)25-13-10-23(11-14-25)17-26(15-20(28)29)22(31)33-23/h1,3-4,7-8H,2,5-6,9-17H2,(H,24,30)(H,28,29). The number of unbranched alkanes of at least 4 members (excludes halogenated alkanes) is 2. The summed E-state index contributed by atoms with van der Waals surface area (Å²) in [6, 6.07) is 9.46. The molecule has 10 nitrogen and oxygen atoms in total. The van der Waals surface area contributed by atoms with Crippen LogP contribution in [0.5, 0.6) is 0 Å². The van der Waals surface area contributed by atoms with Crippen molar-refractivity contribution in [1.82, 2.24) is 15.1 Å². The van der Waals surface area contributed by atoms with Gasteiger partial charge in [0.25, 0.3) is 0 Å². The van der Waals surface area contributed by atoms with E-state index in [2.05, 4.69) is 5.32 Å². The summed E-state index contributed by atoms with van der Waals surface area (Å²) < 4.78 is 10.6. The van der Waals surface area contributed by atoms with E-state index in [4.69, 9.17) is 14.6 Å². The summed E-state index contributed by atoms with van der Waals surface area (Å²) in [6.45, 7) is 1.58. The molecule has 33 heavy (non-hydrogen) atoms. The zero-order valence-corrected chi connectivity index (χ0v) is 18.7. The largest absolute Gasteiger partial charge is 0.480 e. The van der Waals surface area contributed by atoms with Crippen LogP contribution in [0.4, 0.5) is 9.59 Å². The minimum absolute atomic E-state index is 0.0618. The maximum atomic E-state index is 12.5. The number of carbonyl (C=O) groups excluding carboxylic acids is 3. The Morgan fingerprint density at radius 1 is 1.09 bits per heavy atom. The van der Waals surface area contributed by atoms with Gasteiger partial charge in [0.1, 0.15) is 18.8 Å². The van der Waals surface area contributed by atoms with E-state index in [-0.39, 0.29) is 25.6 Å². The molecule has 0 aliphatic carbocycles. The number of nitrogens with zero attached hydrogens (tertiary/aromatic N) is 2. The molecule has 1 aromatic carbocycles. The Hall–Kier alpha value is -3.30. The number of likely N-dealkylation sites (tertiary alicyclic amines) is 1. The summed E-state index contributed by atoms with van der Waals surface area (Å²) in [4.78, 5) is 49.9. The van der Waals surface area contributed by atoms with Gasteiger partial charge >= 0.3 is 18.2 Å². The van der Waals surface area contributed by atoms with E-state index in [1.54, 1.807) is 4.90 Å². The molecule has 0 unspecified atom stereocenters. The molecule has 1 aromatic rings. The van der Waals surface area contributed by atoms with Crippen LogP contribution in [0.15, 0.2) is 30.3 Å². The fourth-order valence-corrected chi connectivity index (χ4v) is 4.10. The van der Waals surface area contributed by atoms with Gasteiger partial charge in [-0.05, 0) is 18.4 Å².